The summed E-state index contributed by atoms with van der Waals surface area (Å²) in [4.78, 5) is 6.74. The van der Waals surface area contributed by atoms with Crippen LogP contribution in [0.3, 0.4) is 0 Å². The van der Waals surface area contributed by atoms with Gasteiger partial charge in [-0.15, -0.1) is 11.8 Å². The van der Waals surface area contributed by atoms with Crippen molar-refractivity contribution in [2.75, 3.05) is 31.3 Å². The van der Waals surface area contributed by atoms with E-state index in [1.54, 1.807) is 6.34 Å². The maximum absolute atomic E-state index is 5.47. The van der Waals surface area contributed by atoms with Crippen LogP contribution in [-0.2, 0) is 0 Å². The Morgan fingerprint density at radius 3 is 2.94 bits per heavy atom. The maximum Gasteiger partial charge on any atom is 0.145 e. The molecule has 5 N–H and O–H groups in total. The number of rotatable bonds is 6. The monoisotopic (exact) mass is 270 g/mol. The molecule has 2 aliphatic rings. The first-order chi connectivity index (χ1) is 8.88. The molecule has 0 aromatic carbocycles. The van der Waals surface area contributed by atoms with Crippen LogP contribution in [0.25, 0.3) is 0 Å². The van der Waals surface area contributed by atoms with Gasteiger partial charge >= 0.3 is 0 Å². The lowest BCUT2D eigenvalue weighted by Crippen LogP contribution is -2.43. The van der Waals surface area contributed by atoms with Crippen LogP contribution in [0.15, 0.2) is 17.0 Å². The van der Waals surface area contributed by atoms with Crippen LogP contribution in [0.5, 0.6) is 0 Å². The molecule has 0 spiro atoms. The highest BCUT2D eigenvalue weighted by molar-refractivity contribution is 7.99. The van der Waals surface area contributed by atoms with Crippen molar-refractivity contribution in [2.24, 2.45) is 10.7 Å². The number of likely N-dealkylation sites (tertiary alicyclic amines) is 1. The fourth-order valence-electron chi connectivity index (χ4n) is 2.15. The summed E-state index contributed by atoms with van der Waals surface area (Å²) in [5.74, 6) is 2.77. The average molecular weight is 270 g/mol. The Morgan fingerprint density at radius 1 is 1.44 bits per heavy atom. The molecule has 2 aliphatic heterocycles. The molecule has 2 heterocycles. The molecule has 0 atom stereocenters. The smallest absolute Gasteiger partial charge is 0.145 e. The first-order valence-corrected chi connectivity index (χ1v) is 7.54. The molecule has 7 heteroatoms. The summed E-state index contributed by atoms with van der Waals surface area (Å²) in [7, 11) is 0. The highest BCUT2D eigenvalue weighted by atomic mass is 32.2. The van der Waals surface area contributed by atoms with E-state index in [1.807, 2.05) is 18.0 Å². The number of thioether (sulfide) groups is 1. The van der Waals surface area contributed by atoms with Gasteiger partial charge in [0.05, 0.1) is 6.20 Å². The van der Waals surface area contributed by atoms with E-state index in [0.29, 0.717) is 6.04 Å². The van der Waals surface area contributed by atoms with Gasteiger partial charge in [-0.1, -0.05) is 0 Å². The zero-order valence-corrected chi connectivity index (χ0v) is 11.4. The molecule has 0 aliphatic carbocycles. The Kier molecular flexibility index (Phi) is 5.63. The Morgan fingerprint density at radius 2 is 2.28 bits per heavy atom. The summed E-state index contributed by atoms with van der Waals surface area (Å²) < 4.78 is 0. The SMILES string of the molecule is NCSCCN1CCC(NC2=CNNC=N2)CC1. The maximum atomic E-state index is 5.47. The van der Waals surface area contributed by atoms with Crippen molar-refractivity contribution in [1.29, 1.82) is 0 Å². The van der Waals surface area contributed by atoms with Gasteiger partial charge < -0.3 is 21.4 Å². The minimum Gasteiger partial charge on any atom is -0.366 e. The van der Waals surface area contributed by atoms with E-state index >= 15 is 0 Å². The van der Waals surface area contributed by atoms with Crippen LogP contribution in [-0.4, -0.2) is 48.5 Å². The topological polar surface area (TPSA) is 77.7 Å². The van der Waals surface area contributed by atoms with Crippen LogP contribution in [0.4, 0.5) is 0 Å². The third-order valence-electron chi connectivity index (χ3n) is 3.17. The van der Waals surface area contributed by atoms with Gasteiger partial charge in [-0.05, 0) is 12.8 Å². The molecule has 6 nitrogen and oxygen atoms in total. The molecule has 0 bridgehead atoms. The van der Waals surface area contributed by atoms with Gasteiger partial charge in [-0.3, -0.25) is 5.43 Å². The van der Waals surface area contributed by atoms with Crippen LogP contribution in [0.1, 0.15) is 12.8 Å². The molecular formula is C11H22N6S. The number of nitrogens with zero attached hydrogens (tertiary/aromatic N) is 2. The van der Waals surface area contributed by atoms with Gasteiger partial charge in [0.15, 0.2) is 0 Å². The van der Waals surface area contributed by atoms with E-state index in [-0.39, 0.29) is 0 Å². The van der Waals surface area contributed by atoms with Crippen LogP contribution < -0.4 is 21.9 Å². The standard InChI is InChI=1S/C11H22N6S/c12-8-18-6-5-17-3-1-10(2-4-17)16-11-7-14-15-9-13-11/h7,9-10,14,16H,1-6,8,12H2,(H,13,15). The number of piperidine rings is 1. The highest BCUT2D eigenvalue weighted by Gasteiger charge is 2.19. The van der Waals surface area contributed by atoms with Gasteiger partial charge in [0, 0.05) is 37.3 Å². The molecule has 0 aromatic heterocycles. The van der Waals surface area contributed by atoms with E-state index in [9.17, 15) is 0 Å². The zero-order chi connectivity index (χ0) is 12.6. The Labute approximate surface area is 112 Å². The second-order valence-electron chi connectivity index (χ2n) is 4.41. The van der Waals surface area contributed by atoms with Crippen molar-refractivity contribution in [2.45, 2.75) is 18.9 Å². The van der Waals surface area contributed by atoms with Gasteiger partial charge in [0.1, 0.15) is 12.2 Å². The average Bonchev–Trinajstić information content (AvgIpc) is 2.42. The van der Waals surface area contributed by atoms with E-state index in [4.69, 9.17) is 5.73 Å². The number of aliphatic imine (C=N–C) groups is 1. The number of hydrazine groups is 1. The molecule has 1 saturated heterocycles. The predicted molar refractivity (Wildman–Crippen MR) is 77.0 cm³/mol. The summed E-state index contributed by atoms with van der Waals surface area (Å²) in [5, 5.41) is 3.45. The molecule has 102 valence electrons. The lowest BCUT2D eigenvalue weighted by molar-refractivity contribution is 0.213. The van der Waals surface area contributed by atoms with Crippen molar-refractivity contribution in [1.82, 2.24) is 21.1 Å². The third kappa shape index (κ3) is 4.40. The first-order valence-electron chi connectivity index (χ1n) is 6.39. The molecule has 1 fully saturated rings. The van der Waals surface area contributed by atoms with Gasteiger partial charge in [-0.2, -0.15) is 0 Å². The molecule has 2 rings (SSSR count). The fourth-order valence-corrected chi connectivity index (χ4v) is 2.71. The summed E-state index contributed by atoms with van der Waals surface area (Å²) >= 11 is 1.81. The number of nitrogens with one attached hydrogen (secondary N) is 3. The molecule has 0 saturated carbocycles. The quantitative estimate of drug-likeness (QED) is 0.389. The lowest BCUT2D eigenvalue weighted by atomic mass is 10.1. The Balaban J connectivity index is 1.64. The summed E-state index contributed by atoms with van der Waals surface area (Å²) in [6, 6.07) is 0.534. The second kappa shape index (κ2) is 7.50. The zero-order valence-electron chi connectivity index (χ0n) is 10.6. The second-order valence-corrected chi connectivity index (χ2v) is 5.56. The summed E-state index contributed by atoms with van der Waals surface area (Å²) in [5.41, 5.74) is 11.2. The third-order valence-corrected chi connectivity index (χ3v) is 3.88. The minimum atomic E-state index is 0.534. The molecule has 0 amide bonds. The van der Waals surface area contributed by atoms with Crippen LogP contribution >= 0.6 is 11.8 Å². The van der Waals surface area contributed by atoms with E-state index in [2.05, 4.69) is 26.1 Å². The van der Waals surface area contributed by atoms with Crippen LogP contribution in [0.2, 0.25) is 0 Å². The van der Waals surface area contributed by atoms with Crippen molar-refractivity contribution >= 4 is 18.1 Å². The van der Waals surface area contributed by atoms with Gasteiger partial charge in [-0.25, -0.2) is 4.99 Å². The van der Waals surface area contributed by atoms with Crippen molar-refractivity contribution in [3.8, 4) is 0 Å². The number of nitrogens with two attached hydrogens (primary N) is 1. The first kappa shape index (κ1) is 13.5. The minimum absolute atomic E-state index is 0.534. The van der Waals surface area contributed by atoms with Gasteiger partial charge in [0.2, 0.25) is 0 Å². The lowest BCUT2D eigenvalue weighted by Gasteiger charge is -2.32. The largest absolute Gasteiger partial charge is 0.366 e. The normalized spacial score (nSPS) is 21.1. The van der Waals surface area contributed by atoms with E-state index in [0.717, 1.165) is 37.1 Å². The van der Waals surface area contributed by atoms with E-state index < -0.39 is 0 Å². The molecule has 18 heavy (non-hydrogen) atoms. The van der Waals surface area contributed by atoms with Gasteiger partial charge in [0.25, 0.3) is 0 Å². The number of hydrogen-bond donors (Lipinski definition) is 4. The van der Waals surface area contributed by atoms with Crippen LogP contribution in [0, 0.1) is 0 Å². The molecule has 0 radical (unpaired) electrons. The number of hydrogen-bond acceptors (Lipinski definition) is 7. The Bertz CT molecular complexity index is 298. The predicted octanol–water partition coefficient (Wildman–Crippen LogP) is -0.375. The van der Waals surface area contributed by atoms with Crippen molar-refractivity contribution in [3.63, 3.8) is 0 Å². The van der Waals surface area contributed by atoms with Crippen molar-refractivity contribution < 1.29 is 0 Å². The molecular weight excluding hydrogens is 248 g/mol. The summed E-state index contributed by atoms with van der Waals surface area (Å²) in [6.45, 7) is 3.47. The molecule has 0 aromatic rings. The Hall–Kier alpha value is -0.920. The molecule has 0 unspecified atom stereocenters. The van der Waals surface area contributed by atoms with E-state index in [1.165, 1.54) is 12.8 Å². The summed E-state index contributed by atoms with van der Waals surface area (Å²) in [6.07, 6.45) is 5.85. The van der Waals surface area contributed by atoms with Crippen molar-refractivity contribution in [3.05, 3.63) is 12.0 Å². The fraction of sp³-hybridized carbons (Fsp3) is 0.727. The highest BCUT2D eigenvalue weighted by Crippen LogP contribution is 2.12.